The molecular weight excluding hydrogens is 366 g/mol. The summed E-state index contributed by atoms with van der Waals surface area (Å²) >= 11 is 3.08. The Hall–Kier alpha value is -1.96. The summed E-state index contributed by atoms with van der Waals surface area (Å²) in [5.41, 5.74) is 0.726. The molecule has 1 saturated heterocycles. The van der Waals surface area contributed by atoms with E-state index in [1.54, 1.807) is 11.3 Å². The van der Waals surface area contributed by atoms with E-state index in [2.05, 4.69) is 14.8 Å². The van der Waals surface area contributed by atoms with E-state index in [0.29, 0.717) is 5.75 Å². The Morgan fingerprint density at radius 3 is 2.85 bits per heavy atom. The fraction of sp³-hybridized carbons (Fsp3) is 0.316. The first-order chi connectivity index (χ1) is 12.8. The smallest absolute Gasteiger partial charge is 0.192 e. The number of hydrogen-bond donors (Lipinski definition) is 0. The molecule has 2 aromatic heterocycles. The molecule has 26 heavy (non-hydrogen) atoms. The molecule has 4 rings (SSSR count). The molecule has 0 saturated carbocycles. The van der Waals surface area contributed by atoms with Crippen molar-refractivity contribution >= 4 is 28.9 Å². The number of hydrogen-bond acceptors (Lipinski definition) is 6. The molecule has 1 aliphatic heterocycles. The number of carbonyl (C=O) groups excluding carboxylic acids is 1. The third-order valence-electron chi connectivity index (χ3n) is 4.30. The lowest BCUT2D eigenvalue weighted by molar-refractivity contribution is 0.0953. The van der Waals surface area contributed by atoms with Crippen molar-refractivity contribution < 1.29 is 9.53 Å². The Kier molecular flexibility index (Phi) is 5.48. The fourth-order valence-corrected chi connectivity index (χ4v) is 4.54. The number of carbonyl (C=O) groups is 1. The van der Waals surface area contributed by atoms with Crippen molar-refractivity contribution in [3.63, 3.8) is 0 Å². The highest BCUT2D eigenvalue weighted by molar-refractivity contribution is 7.99. The molecule has 0 bridgehead atoms. The molecule has 7 heteroatoms. The minimum Gasteiger partial charge on any atom is -0.376 e. The van der Waals surface area contributed by atoms with Crippen LogP contribution in [-0.2, 0) is 11.3 Å². The zero-order chi connectivity index (χ0) is 17.8. The molecule has 1 aliphatic rings. The van der Waals surface area contributed by atoms with Gasteiger partial charge in [-0.25, -0.2) is 0 Å². The summed E-state index contributed by atoms with van der Waals surface area (Å²) in [6.45, 7) is 1.54. The third kappa shape index (κ3) is 3.90. The van der Waals surface area contributed by atoms with E-state index in [0.717, 1.165) is 47.4 Å². The van der Waals surface area contributed by atoms with Crippen LogP contribution in [0.2, 0.25) is 0 Å². The monoisotopic (exact) mass is 385 g/mol. The van der Waals surface area contributed by atoms with Crippen LogP contribution in [0.5, 0.6) is 0 Å². The first-order valence-corrected chi connectivity index (χ1v) is 10.5. The van der Waals surface area contributed by atoms with Crippen molar-refractivity contribution in [2.75, 3.05) is 12.4 Å². The number of Topliss-reactive ketones (excluding diaryl/α,β-unsaturated/α-hetero) is 1. The van der Waals surface area contributed by atoms with Crippen molar-refractivity contribution in [3.8, 4) is 10.7 Å². The zero-order valence-corrected chi connectivity index (χ0v) is 15.8. The molecule has 1 aromatic carbocycles. The number of ketones is 1. The van der Waals surface area contributed by atoms with Crippen LogP contribution in [0.4, 0.5) is 0 Å². The maximum absolute atomic E-state index is 12.4. The van der Waals surface area contributed by atoms with Gasteiger partial charge in [0.2, 0.25) is 0 Å². The number of thiophene rings is 1. The number of nitrogens with zero attached hydrogens (tertiary/aromatic N) is 3. The summed E-state index contributed by atoms with van der Waals surface area (Å²) in [6.07, 6.45) is 2.33. The van der Waals surface area contributed by atoms with Crippen LogP contribution in [0.3, 0.4) is 0 Å². The summed E-state index contributed by atoms with van der Waals surface area (Å²) in [5.74, 6) is 1.29. The van der Waals surface area contributed by atoms with Gasteiger partial charge < -0.3 is 4.74 Å². The van der Waals surface area contributed by atoms with Gasteiger partial charge in [-0.05, 0) is 24.3 Å². The van der Waals surface area contributed by atoms with E-state index in [4.69, 9.17) is 4.74 Å². The maximum atomic E-state index is 12.4. The summed E-state index contributed by atoms with van der Waals surface area (Å²) in [4.78, 5) is 13.5. The molecule has 3 aromatic rings. The summed E-state index contributed by atoms with van der Waals surface area (Å²) < 4.78 is 7.90. The average Bonchev–Trinajstić information content (AvgIpc) is 3.43. The first-order valence-electron chi connectivity index (χ1n) is 8.61. The summed E-state index contributed by atoms with van der Waals surface area (Å²) in [6, 6.07) is 13.4. The van der Waals surface area contributed by atoms with Crippen LogP contribution in [0.25, 0.3) is 10.7 Å². The second-order valence-electron chi connectivity index (χ2n) is 6.11. The van der Waals surface area contributed by atoms with Crippen LogP contribution in [0.15, 0.2) is 53.0 Å². The molecule has 1 fully saturated rings. The van der Waals surface area contributed by atoms with Gasteiger partial charge in [-0.3, -0.25) is 9.36 Å². The van der Waals surface area contributed by atoms with Gasteiger partial charge in [0.25, 0.3) is 0 Å². The highest BCUT2D eigenvalue weighted by Crippen LogP contribution is 2.29. The normalized spacial score (nSPS) is 16.8. The second kappa shape index (κ2) is 8.16. The Morgan fingerprint density at radius 2 is 2.12 bits per heavy atom. The lowest BCUT2D eigenvalue weighted by atomic mass is 10.2. The Bertz CT molecular complexity index is 856. The van der Waals surface area contributed by atoms with E-state index >= 15 is 0 Å². The third-order valence-corrected chi connectivity index (χ3v) is 6.13. The van der Waals surface area contributed by atoms with E-state index in [-0.39, 0.29) is 11.9 Å². The predicted octanol–water partition coefficient (Wildman–Crippen LogP) is 4.16. The molecule has 0 radical (unpaired) electrons. The van der Waals surface area contributed by atoms with Gasteiger partial charge in [-0.2, -0.15) is 0 Å². The predicted molar refractivity (Wildman–Crippen MR) is 104 cm³/mol. The average molecular weight is 386 g/mol. The van der Waals surface area contributed by atoms with Crippen LogP contribution in [0, 0.1) is 0 Å². The molecule has 3 heterocycles. The quantitative estimate of drug-likeness (QED) is 0.451. The van der Waals surface area contributed by atoms with Gasteiger partial charge >= 0.3 is 0 Å². The first kappa shape index (κ1) is 17.5. The second-order valence-corrected chi connectivity index (χ2v) is 8.00. The highest BCUT2D eigenvalue weighted by atomic mass is 32.2. The van der Waals surface area contributed by atoms with Crippen molar-refractivity contribution in [1.82, 2.24) is 14.8 Å². The van der Waals surface area contributed by atoms with Gasteiger partial charge in [-0.1, -0.05) is 48.2 Å². The Morgan fingerprint density at radius 1 is 1.23 bits per heavy atom. The molecule has 0 N–H and O–H groups in total. The molecule has 1 unspecified atom stereocenters. The van der Waals surface area contributed by atoms with Gasteiger partial charge in [0.1, 0.15) is 0 Å². The lowest BCUT2D eigenvalue weighted by Crippen LogP contribution is -2.17. The van der Waals surface area contributed by atoms with Gasteiger partial charge in [0, 0.05) is 12.2 Å². The topological polar surface area (TPSA) is 57.0 Å². The standard InChI is InChI=1S/C19H19N3O2S2/c23-16(14-6-2-1-3-7-14)13-26-19-21-20-18(17-9-5-11-25-17)22(19)12-15-8-4-10-24-15/h1-3,5-7,9,11,15H,4,8,10,12-13H2. The van der Waals surface area contributed by atoms with Gasteiger partial charge in [-0.15, -0.1) is 21.5 Å². The van der Waals surface area contributed by atoms with Crippen molar-refractivity contribution in [2.45, 2.75) is 30.6 Å². The number of rotatable bonds is 7. The number of aromatic nitrogens is 3. The summed E-state index contributed by atoms with van der Waals surface area (Å²) in [7, 11) is 0. The maximum Gasteiger partial charge on any atom is 0.192 e. The summed E-state index contributed by atoms with van der Waals surface area (Å²) in [5, 5.41) is 11.5. The Balaban J connectivity index is 1.54. The van der Waals surface area contributed by atoms with Gasteiger partial charge in [0.05, 0.1) is 23.3 Å². The van der Waals surface area contributed by atoms with E-state index < -0.39 is 0 Å². The largest absolute Gasteiger partial charge is 0.376 e. The number of thioether (sulfide) groups is 1. The zero-order valence-electron chi connectivity index (χ0n) is 14.2. The Labute approximate surface area is 160 Å². The SMILES string of the molecule is O=C(CSc1nnc(-c2cccs2)n1CC1CCCO1)c1ccccc1. The molecule has 5 nitrogen and oxygen atoms in total. The molecule has 0 spiro atoms. The van der Waals surface area contributed by atoms with E-state index in [1.165, 1.54) is 11.8 Å². The molecule has 1 atom stereocenters. The van der Waals surface area contributed by atoms with E-state index in [1.807, 2.05) is 47.8 Å². The fourth-order valence-electron chi connectivity index (χ4n) is 2.98. The lowest BCUT2D eigenvalue weighted by Gasteiger charge is -2.14. The highest BCUT2D eigenvalue weighted by Gasteiger charge is 2.22. The number of ether oxygens (including phenoxy) is 1. The minimum atomic E-state index is 0.0972. The van der Waals surface area contributed by atoms with Crippen molar-refractivity contribution in [2.24, 2.45) is 0 Å². The van der Waals surface area contributed by atoms with Gasteiger partial charge in [0.15, 0.2) is 16.8 Å². The van der Waals surface area contributed by atoms with Crippen molar-refractivity contribution in [1.29, 1.82) is 0 Å². The van der Waals surface area contributed by atoms with Crippen molar-refractivity contribution in [3.05, 3.63) is 53.4 Å². The molecule has 0 amide bonds. The molecular formula is C19H19N3O2S2. The van der Waals surface area contributed by atoms with Crippen LogP contribution in [-0.4, -0.2) is 39.0 Å². The number of benzene rings is 1. The van der Waals surface area contributed by atoms with Crippen LogP contribution < -0.4 is 0 Å². The minimum absolute atomic E-state index is 0.0972. The van der Waals surface area contributed by atoms with Crippen LogP contribution >= 0.6 is 23.1 Å². The molecule has 0 aliphatic carbocycles. The van der Waals surface area contributed by atoms with Crippen LogP contribution in [0.1, 0.15) is 23.2 Å². The van der Waals surface area contributed by atoms with E-state index in [9.17, 15) is 4.79 Å². The molecule has 134 valence electrons.